The van der Waals surface area contributed by atoms with E-state index < -0.39 is 6.10 Å². The first-order valence-electron chi connectivity index (χ1n) is 8.35. The Labute approximate surface area is 137 Å². The van der Waals surface area contributed by atoms with Crippen LogP contribution in [0.2, 0.25) is 0 Å². The average Bonchev–Trinajstić information content (AvgIpc) is 2.59. The number of carbonyl (C=O) groups excluding carboxylic acids is 1. The monoisotopic (exact) mass is 323 g/mol. The number of nitrogens with one attached hydrogen (secondary N) is 1. The maximum Gasteiger partial charge on any atom is 0.222 e. The van der Waals surface area contributed by atoms with Crippen molar-refractivity contribution in [1.29, 1.82) is 0 Å². The molecule has 2 N–H and O–H groups in total. The van der Waals surface area contributed by atoms with Crippen LogP contribution >= 0.6 is 0 Å². The molecule has 1 aromatic carbocycles. The highest BCUT2D eigenvalue weighted by atomic mass is 19.1. The summed E-state index contributed by atoms with van der Waals surface area (Å²) in [4.78, 5) is 12.1. The van der Waals surface area contributed by atoms with Crippen LogP contribution in [-0.2, 0) is 16.0 Å². The van der Waals surface area contributed by atoms with Crippen LogP contribution in [0.1, 0.15) is 31.7 Å². The van der Waals surface area contributed by atoms with Crippen molar-refractivity contribution < 1.29 is 19.0 Å². The second-order valence-electron chi connectivity index (χ2n) is 6.29. The van der Waals surface area contributed by atoms with Crippen molar-refractivity contribution in [3.05, 3.63) is 35.6 Å². The van der Waals surface area contributed by atoms with Gasteiger partial charge in [-0.3, -0.25) is 4.79 Å². The highest BCUT2D eigenvalue weighted by Gasteiger charge is 2.23. The Bertz CT molecular complexity index is 503. The fourth-order valence-electron chi connectivity index (χ4n) is 2.85. The number of carbonyl (C=O) groups is 1. The predicted octanol–water partition coefficient (Wildman–Crippen LogP) is 2.30. The van der Waals surface area contributed by atoms with Crippen LogP contribution in [0, 0.1) is 17.7 Å². The summed E-state index contributed by atoms with van der Waals surface area (Å²) in [6.45, 7) is 3.45. The quantitative estimate of drug-likeness (QED) is 0.809. The lowest BCUT2D eigenvalue weighted by Gasteiger charge is -2.27. The summed E-state index contributed by atoms with van der Waals surface area (Å²) in [6, 6.07) is 6.64. The minimum atomic E-state index is -0.526. The highest BCUT2D eigenvalue weighted by Crippen LogP contribution is 2.18. The molecule has 0 saturated carbocycles. The zero-order valence-corrected chi connectivity index (χ0v) is 13.6. The fourth-order valence-corrected chi connectivity index (χ4v) is 2.85. The van der Waals surface area contributed by atoms with Gasteiger partial charge in [0, 0.05) is 25.7 Å². The molecule has 1 saturated heterocycles. The van der Waals surface area contributed by atoms with Gasteiger partial charge in [-0.2, -0.15) is 0 Å². The first-order valence-corrected chi connectivity index (χ1v) is 8.35. The average molecular weight is 323 g/mol. The molecule has 128 valence electrons. The summed E-state index contributed by atoms with van der Waals surface area (Å²) in [5.74, 6) is -0.336. The van der Waals surface area contributed by atoms with E-state index in [2.05, 4.69) is 5.32 Å². The first kappa shape index (κ1) is 17.9. The third-order valence-electron chi connectivity index (χ3n) is 4.55. The molecule has 0 spiro atoms. The lowest BCUT2D eigenvalue weighted by molar-refractivity contribution is -0.125. The normalized spacial score (nSPS) is 18.4. The molecule has 1 amide bonds. The maximum absolute atomic E-state index is 13.6. The molecule has 1 aromatic rings. The van der Waals surface area contributed by atoms with Gasteiger partial charge in [-0.15, -0.1) is 0 Å². The van der Waals surface area contributed by atoms with E-state index in [4.69, 9.17) is 4.74 Å². The van der Waals surface area contributed by atoms with Crippen LogP contribution in [0.15, 0.2) is 24.3 Å². The summed E-state index contributed by atoms with van der Waals surface area (Å²) in [6.07, 6.45) is 2.26. The zero-order chi connectivity index (χ0) is 16.7. The van der Waals surface area contributed by atoms with Gasteiger partial charge >= 0.3 is 0 Å². The lowest BCUT2D eigenvalue weighted by atomic mass is 9.93. The summed E-state index contributed by atoms with van der Waals surface area (Å²) in [7, 11) is 0. The van der Waals surface area contributed by atoms with Gasteiger partial charge in [0.25, 0.3) is 0 Å². The number of hydrogen-bond donors (Lipinski definition) is 2. The molecular weight excluding hydrogens is 297 g/mol. The van der Waals surface area contributed by atoms with Gasteiger partial charge in [0.2, 0.25) is 5.91 Å². The highest BCUT2D eigenvalue weighted by molar-refractivity contribution is 5.78. The Morgan fingerprint density at radius 3 is 2.78 bits per heavy atom. The first-order chi connectivity index (χ1) is 11.1. The Kier molecular flexibility index (Phi) is 6.99. The third-order valence-corrected chi connectivity index (χ3v) is 4.55. The predicted molar refractivity (Wildman–Crippen MR) is 86.4 cm³/mol. The van der Waals surface area contributed by atoms with Crippen molar-refractivity contribution in [3.63, 3.8) is 0 Å². The maximum atomic E-state index is 13.6. The van der Waals surface area contributed by atoms with Crippen LogP contribution in [-0.4, -0.2) is 36.9 Å². The Morgan fingerprint density at radius 1 is 1.39 bits per heavy atom. The summed E-state index contributed by atoms with van der Waals surface area (Å²) in [5.41, 5.74) is 0.634. The molecule has 0 unspecified atom stereocenters. The van der Waals surface area contributed by atoms with Crippen LogP contribution in [0.25, 0.3) is 0 Å². The minimum absolute atomic E-state index is 0.0903. The Hall–Kier alpha value is -1.46. The van der Waals surface area contributed by atoms with Crippen LogP contribution in [0.3, 0.4) is 0 Å². The van der Waals surface area contributed by atoms with E-state index in [1.165, 1.54) is 6.07 Å². The van der Waals surface area contributed by atoms with Crippen LogP contribution in [0.4, 0.5) is 4.39 Å². The number of ether oxygens (including phenoxy) is 1. The molecule has 2 atom stereocenters. The topological polar surface area (TPSA) is 58.6 Å². The molecule has 2 rings (SSSR count). The van der Waals surface area contributed by atoms with Gasteiger partial charge < -0.3 is 15.2 Å². The van der Waals surface area contributed by atoms with Crippen molar-refractivity contribution >= 4 is 5.91 Å². The number of aryl methyl sites for hydroxylation is 1. The van der Waals surface area contributed by atoms with E-state index in [1.807, 2.05) is 6.92 Å². The number of aliphatic hydroxyl groups excluding tert-OH is 1. The van der Waals surface area contributed by atoms with Crippen molar-refractivity contribution in [1.82, 2.24) is 5.32 Å². The van der Waals surface area contributed by atoms with E-state index >= 15 is 0 Å². The van der Waals surface area contributed by atoms with Crippen molar-refractivity contribution in [2.45, 2.75) is 38.7 Å². The fraction of sp³-hybridized carbons (Fsp3) is 0.611. The number of rotatable bonds is 7. The van der Waals surface area contributed by atoms with Gasteiger partial charge in [-0.05, 0) is 43.2 Å². The SMILES string of the molecule is C[C@@H](CCc1ccccc1F)C(=O)NC[C@@H](O)C1CCOCC1. The number of hydrogen-bond acceptors (Lipinski definition) is 3. The van der Waals surface area contributed by atoms with Crippen molar-refractivity contribution in [3.8, 4) is 0 Å². The molecule has 1 aliphatic rings. The standard InChI is InChI=1S/C18H26FNO3/c1-13(6-7-14-4-2-3-5-16(14)19)18(22)20-12-17(21)15-8-10-23-11-9-15/h2-5,13,15,17,21H,6-12H2,1H3,(H,20,22)/t13-,17+/m0/s1. The largest absolute Gasteiger partial charge is 0.391 e. The Balaban J connectivity index is 1.71. The number of halogens is 1. The number of amides is 1. The van der Waals surface area contributed by atoms with Gasteiger partial charge in [-0.1, -0.05) is 25.1 Å². The molecule has 4 nitrogen and oxygen atoms in total. The lowest BCUT2D eigenvalue weighted by Crippen LogP contribution is -2.40. The van der Waals surface area contributed by atoms with E-state index in [0.29, 0.717) is 31.6 Å². The van der Waals surface area contributed by atoms with E-state index in [0.717, 1.165) is 12.8 Å². The second-order valence-corrected chi connectivity index (χ2v) is 6.29. The molecule has 0 radical (unpaired) electrons. The van der Waals surface area contributed by atoms with E-state index in [-0.39, 0.29) is 30.1 Å². The van der Waals surface area contributed by atoms with E-state index in [1.54, 1.807) is 18.2 Å². The van der Waals surface area contributed by atoms with Crippen molar-refractivity contribution in [2.75, 3.05) is 19.8 Å². The number of benzene rings is 1. The third kappa shape index (κ3) is 5.59. The summed E-state index contributed by atoms with van der Waals surface area (Å²) >= 11 is 0. The zero-order valence-electron chi connectivity index (χ0n) is 13.6. The van der Waals surface area contributed by atoms with Gasteiger partial charge in [-0.25, -0.2) is 4.39 Å². The molecule has 0 bridgehead atoms. The number of aliphatic hydroxyl groups is 1. The van der Waals surface area contributed by atoms with E-state index in [9.17, 15) is 14.3 Å². The summed E-state index contributed by atoms with van der Waals surface area (Å²) in [5, 5.41) is 12.9. The minimum Gasteiger partial charge on any atom is -0.391 e. The van der Waals surface area contributed by atoms with Crippen molar-refractivity contribution in [2.24, 2.45) is 11.8 Å². The molecule has 1 fully saturated rings. The molecule has 1 heterocycles. The Morgan fingerprint density at radius 2 is 2.09 bits per heavy atom. The smallest absolute Gasteiger partial charge is 0.222 e. The molecule has 23 heavy (non-hydrogen) atoms. The second kappa shape index (κ2) is 8.99. The van der Waals surface area contributed by atoms with Gasteiger partial charge in [0.05, 0.1) is 6.10 Å². The van der Waals surface area contributed by atoms with Crippen LogP contribution in [0.5, 0.6) is 0 Å². The molecule has 0 aliphatic carbocycles. The molecular formula is C18H26FNO3. The molecule has 5 heteroatoms. The van der Waals surface area contributed by atoms with Gasteiger partial charge in [0.15, 0.2) is 0 Å². The van der Waals surface area contributed by atoms with Crippen LogP contribution < -0.4 is 5.32 Å². The summed E-state index contributed by atoms with van der Waals surface area (Å²) < 4.78 is 18.8. The molecule has 1 aliphatic heterocycles. The van der Waals surface area contributed by atoms with Gasteiger partial charge in [0.1, 0.15) is 5.82 Å². The molecule has 0 aromatic heterocycles.